The molecule has 1 aliphatic heterocycles. The van der Waals surface area contributed by atoms with E-state index in [1.165, 1.54) is 4.52 Å². The summed E-state index contributed by atoms with van der Waals surface area (Å²) in [5.41, 5.74) is 1.59. The highest BCUT2D eigenvalue weighted by atomic mass is 19.3. The number of anilines is 3. The van der Waals surface area contributed by atoms with E-state index in [0.29, 0.717) is 23.1 Å². The summed E-state index contributed by atoms with van der Waals surface area (Å²) in [5, 5.41) is 23.9. The molecular formula is C17H17F2N7O2. The van der Waals surface area contributed by atoms with E-state index in [0.717, 1.165) is 23.4 Å². The number of nitrogens with one attached hydrogen (secondary N) is 2. The fourth-order valence-electron chi connectivity index (χ4n) is 3.50. The van der Waals surface area contributed by atoms with Gasteiger partial charge in [0.05, 0.1) is 12.2 Å². The first kappa shape index (κ1) is 16.9. The van der Waals surface area contributed by atoms with Crippen LogP contribution in [0.2, 0.25) is 0 Å². The number of hydrogen-bond donors (Lipinski definition) is 3. The SMILES string of the molecule is O=C(O)[C@@H]1CC(F)(F)CN1c1nc(Nc2cc(C3CC3)n[nH]2)c2cccn2n1. The quantitative estimate of drug-likeness (QED) is 0.614. The van der Waals surface area contributed by atoms with Gasteiger partial charge in [-0.25, -0.2) is 18.1 Å². The number of aliphatic carboxylic acids is 1. The van der Waals surface area contributed by atoms with Gasteiger partial charge in [0.25, 0.3) is 5.92 Å². The molecule has 0 bridgehead atoms. The van der Waals surface area contributed by atoms with Gasteiger partial charge in [-0.15, -0.1) is 5.10 Å². The van der Waals surface area contributed by atoms with Gasteiger partial charge in [-0.3, -0.25) is 5.10 Å². The van der Waals surface area contributed by atoms with Crippen molar-refractivity contribution >= 4 is 29.1 Å². The lowest BCUT2D eigenvalue weighted by atomic mass is 10.2. The molecule has 1 aliphatic carbocycles. The minimum absolute atomic E-state index is 0.0716. The van der Waals surface area contributed by atoms with Crippen LogP contribution in [0.5, 0.6) is 0 Å². The van der Waals surface area contributed by atoms with Crippen molar-refractivity contribution in [2.24, 2.45) is 0 Å². The second-order valence-corrected chi connectivity index (χ2v) is 7.25. The van der Waals surface area contributed by atoms with E-state index in [1.807, 2.05) is 6.07 Å². The number of rotatable bonds is 5. The summed E-state index contributed by atoms with van der Waals surface area (Å²) in [6, 6.07) is 4.03. The highest BCUT2D eigenvalue weighted by molar-refractivity contribution is 5.79. The molecule has 1 saturated heterocycles. The number of nitrogens with zero attached hydrogens (tertiary/aromatic N) is 5. The van der Waals surface area contributed by atoms with Gasteiger partial charge in [0, 0.05) is 24.6 Å². The third kappa shape index (κ3) is 2.92. The van der Waals surface area contributed by atoms with Gasteiger partial charge in [-0.2, -0.15) is 10.1 Å². The summed E-state index contributed by atoms with van der Waals surface area (Å²) < 4.78 is 29.2. The highest BCUT2D eigenvalue weighted by Crippen LogP contribution is 2.40. The molecule has 3 aromatic heterocycles. The molecule has 0 aromatic carbocycles. The van der Waals surface area contributed by atoms with Crippen molar-refractivity contribution in [3.05, 3.63) is 30.1 Å². The molecule has 9 nitrogen and oxygen atoms in total. The summed E-state index contributed by atoms with van der Waals surface area (Å²) in [5.74, 6) is -3.04. The van der Waals surface area contributed by atoms with Crippen LogP contribution in [0, 0.1) is 0 Å². The average molecular weight is 389 g/mol. The number of carbonyl (C=O) groups is 1. The number of fused-ring (bicyclic) bond motifs is 1. The summed E-state index contributed by atoms with van der Waals surface area (Å²) in [7, 11) is 0. The molecule has 0 unspecified atom stereocenters. The lowest BCUT2D eigenvalue weighted by Gasteiger charge is -2.21. The minimum atomic E-state index is -3.12. The van der Waals surface area contributed by atoms with Gasteiger partial charge in [-0.05, 0) is 25.0 Å². The van der Waals surface area contributed by atoms with Gasteiger partial charge in [0.15, 0.2) is 5.82 Å². The summed E-state index contributed by atoms with van der Waals surface area (Å²) in [4.78, 5) is 16.9. The predicted octanol–water partition coefficient (Wildman–Crippen LogP) is 2.37. The number of carboxylic acids is 1. The molecule has 28 heavy (non-hydrogen) atoms. The second-order valence-electron chi connectivity index (χ2n) is 7.25. The fourth-order valence-corrected chi connectivity index (χ4v) is 3.50. The van der Waals surface area contributed by atoms with Crippen LogP contribution in [0.4, 0.5) is 26.4 Å². The molecule has 0 spiro atoms. The Bertz CT molecular complexity index is 1060. The van der Waals surface area contributed by atoms with E-state index < -0.39 is 30.9 Å². The van der Waals surface area contributed by atoms with Gasteiger partial charge in [0.1, 0.15) is 17.4 Å². The topological polar surface area (TPSA) is 111 Å². The lowest BCUT2D eigenvalue weighted by molar-refractivity contribution is -0.139. The van der Waals surface area contributed by atoms with E-state index >= 15 is 0 Å². The molecule has 11 heteroatoms. The monoisotopic (exact) mass is 389 g/mol. The van der Waals surface area contributed by atoms with Crippen LogP contribution in [0.1, 0.15) is 30.9 Å². The number of aromatic nitrogens is 5. The van der Waals surface area contributed by atoms with Crippen molar-refractivity contribution in [3.8, 4) is 0 Å². The fraction of sp³-hybridized carbons (Fsp3) is 0.412. The van der Waals surface area contributed by atoms with E-state index in [4.69, 9.17) is 0 Å². The van der Waals surface area contributed by atoms with Gasteiger partial charge in [-0.1, -0.05) is 0 Å². The molecule has 2 fully saturated rings. The average Bonchev–Trinajstić information content (AvgIpc) is 3.05. The first-order valence-electron chi connectivity index (χ1n) is 8.95. The van der Waals surface area contributed by atoms with E-state index in [-0.39, 0.29) is 5.95 Å². The largest absolute Gasteiger partial charge is 0.480 e. The van der Waals surface area contributed by atoms with Crippen LogP contribution in [-0.4, -0.2) is 54.4 Å². The molecule has 3 aromatic rings. The zero-order valence-corrected chi connectivity index (χ0v) is 14.6. The van der Waals surface area contributed by atoms with Crippen molar-refractivity contribution in [2.75, 3.05) is 16.8 Å². The number of aromatic amines is 1. The predicted molar refractivity (Wildman–Crippen MR) is 95.2 cm³/mol. The molecule has 4 heterocycles. The Labute approximate surface area is 157 Å². The first-order valence-corrected chi connectivity index (χ1v) is 8.95. The summed E-state index contributed by atoms with van der Waals surface area (Å²) in [6.45, 7) is -0.744. The van der Waals surface area contributed by atoms with Crippen LogP contribution in [-0.2, 0) is 4.79 Å². The molecule has 1 atom stereocenters. The Morgan fingerprint density at radius 2 is 2.21 bits per heavy atom. The van der Waals surface area contributed by atoms with Crippen molar-refractivity contribution in [1.29, 1.82) is 0 Å². The molecule has 2 aliphatic rings. The van der Waals surface area contributed by atoms with E-state index in [9.17, 15) is 18.7 Å². The van der Waals surface area contributed by atoms with Crippen LogP contribution < -0.4 is 10.2 Å². The van der Waals surface area contributed by atoms with Crippen molar-refractivity contribution < 1.29 is 18.7 Å². The Kier molecular flexibility index (Phi) is 3.55. The number of alkyl halides is 2. The Morgan fingerprint density at radius 3 is 2.96 bits per heavy atom. The zero-order valence-electron chi connectivity index (χ0n) is 14.6. The second kappa shape index (κ2) is 5.88. The Balaban J connectivity index is 1.52. The van der Waals surface area contributed by atoms with Crippen molar-refractivity contribution in [2.45, 2.75) is 37.1 Å². The summed E-state index contributed by atoms with van der Waals surface area (Å²) >= 11 is 0. The lowest BCUT2D eigenvalue weighted by Crippen LogP contribution is -2.37. The van der Waals surface area contributed by atoms with E-state index in [2.05, 4.69) is 25.6 Å². The van der Waals surface area contributed by atoms with Crippen molar-refractivity contribution in [3.63, 3.8) is 0 Å². The van der Waals surface area contributed by atoms with Gasteiger partial charge < -0.3 is 15.3 Å². The minimum Gasteiger partial charge on any atom is -0.480 e. The molecule has 0 amide bonds. The standard InChI is InChI=1S/C17H17F2N7O2/c18-17(19)7-12(15(27)28)25(8-17)16-21-14(11-2-1-5-26(11)24-16)20-13-6-10(22-23-13)9-3-4-9/h1-2,5-6,9,12H,3-4,7-8H2,(H,27,28)(H2,20,21,22,23,24)/t12-/m0/s1. The molecule has 1 saturated carbocycles. The van der Waals surface area contributed by atoms with E-state index in [1.54, 1.807) is 18.3 Å². The zero-order chi connectivity index (χ0) is 19.5. The third-order valence-electron chi connectivity index (χ3n) is 5.04. The molecular weight excluding hydrogens is 372 g/mol. The van der Waals surface area contributed by atoms with Gasteiger partial charge >= 0.3 is 5.97 Å². The highest BCUT2D eigenvalue weighted by Gasteiger charge is 2.49. The number of H-pyrrole nitrogens is 1. The maximum Gasteiger partial charge on any atom is 0.326 e. The smallest absolute Gasteiger partial charge is 0.326 e. The maximum absolute atomic E-state index is 13.9. The number of halogens is 2. The molecule has 0 radical (unpaired) electrons. The van der Waals surface area contributed by atoms with Crippen LogP contribution in [0.3, 0.4) is 0 Å². The normalized spacial score (nSPS) is 21.4. The molecule has 5 rings (SSSR count). The molecule has 3 N–H and O–H groups in total. The first-order chi connectivity index (χ1) is 13.4. The Hall–Kier alpha value is -3.24. The number of hydrogen-bond acceptors (Lipinski definition) is 6. The van der Waals surface area contributed by atoms with Gasteiger partial charge in [0.2, 0.25) is 5.95 Å². The maximum atomic E-state index is 13.9. The van der Waals surface area contributed by atoms with Crippen molar-refractivity contribution in [1.82, 2.24) is 24.8 Å². The third-order valence-corrected chi connectivity index (χ3v) is 5.04. The molecule has 146 valence electrons. The summed E-state index contributed by atoms with van der Waals surface area (Å²) in [6.07, 6.45) is 3.11. The van der Waals surface area contributed by atoms with Crippen LogP contribution in [0.25, 0.3) is 5.52 Å². The Morgan fingerprint density at radius 1 is 1.39 bits per heavy atom. The van der Waals surface area contributed by atoms with Crippen LogP contribution in [0.15, 0.2) is 24.4 Å². The number of carboxylic acid groups (broad SMARTS) is 1. The van der Waals surface area contributed by atoms with Crippen LogP contribution >= 0.6 is 0 Å².